The van der Waals surface area contributed by atoms with Crippen molar-refractivity contribution in [2.24, 2.45) is 10.9 Å². The summed E-state index contributed by atoms with van der Waals surface area (Å²) in [5.74, 6) is -0.218. The van der Waals surface area contributed by atoms with Crippen LogP contribution in [0.1, 0.15) is 29.6 Å². The van der Waals surface area contributed by atoms with Gasteiger partial charge in [-0.3, -0.25) is 4.79 Å². The molecule has 0 saturated carbocycles. The van der Waals surface area contributed by atoms with Crippen LogP contribution >= 0.6 is 23.2 Å². The third-order valence-electron chi connectivity index (χ3n) is 3.40. The molecule has 1 aliphatic heterocycles. The van der Waals surface area contributed by atoms with E-state index in [0.29, 0.717) is 23.6 Å². The number of likely N-dealkylation sites (tertiary alicyclic amines) is 1. The molecule has 7 heteroatoms. The van der Waals surface area contributed by atoms with Crippen LogP contribution in [-0.4, -0.2) is 34.4 Å². The molecule has 0 bridgehead atoms. The Morgan fingerprint density at radius 1 is 1.40 bits per heavy atom. The highest BCUT2D eigenvalue weighted by Crippen LogP contribution is 2.28. The summed E-state index contributed by atoms with van der Waals surface area (Å²) in [5, 5.41) is 12.4. The van der Waals surface area contributed by atoms with Gasteiger partial charge in [0.25, 0.3) is 5.91 Å². The molecule has 2 rings (SSSR count). The van der Waals surface area contributed by atoms with E-state index in [2.05, 4.69) is 5.16 Å². The van der Waals surface area contributed by atoms with Crippen molar-refractivity contribution in [3.8, 4) is 0 Å². The van der Waals surface area contributed by atoms with Crippen LogP contribution in [0.25, 0.3) is 0 Å². The molecule has 1 atom stereocenters. The quantitative estimate of drug-likeness (QED) is 0.381. The van der Waals surface area contributed by atoms with Crippen molar-refractivity contribution in [1.82, 2.24) is 4.90 Å². The van der Waals surface area contributed by atoms with Crippen molar-refractivity contribution < 1.29 is 10.0 Å². The second-order valence-corrected chi connectivity index (χ2v) is 5.42. The Balaban J connectivity index is 2.32. The Bertz CT molecular complexity index is 548. The minimum absolute atomic E-state index is 0.0381. The molecule has 20 heavy (non-hydrogen) atoms. The molecule has 1 saturated heterocycles. The van der Waals surface area contributed by atoms with E-state index in [4.69, 9.17) is 34.1 Å². The molecule has 108 valence electrons. The first-order chi connectivity index (χ1) is 9.56. The molecule has 5 nitrogen and oxygen atoms in total. The van der Waals surface area contributed by atoms with Crippen LogP contribution in [0.5, 0.6) is 0 Å². The molecule has 0 radical (unpaired) electrons. The number of nitrogens with two attached hydrogens (primary N) is 1. The summed E-state index contributed by atoms with van der Waals surface area (Å²) in [7, 11) is 0. The topological polar surface area (TPSA) is 78.9 Å². The summed E-state index contributed by atoms with van der Waals surface area (Å²) in [5.41, 5.74) is 6.00. The molecule has 1 unspecified atom stereocenters. The van der Waals surface area contributed by atoms with Gasteiger partial charge in [0, 0.05) is 6.54 Å². The molecular weight excluding hydrogens is 301 g/mol. The molecule has 1 aromatic rings. The largest absolute Gasteiger partial charge is 0.409 e. The molecule has 1 fully saturated rings. The highest BCUT2D eigenvalue weighted by molar-refractivity contribution is 6.43. The van der Waals surface area contributed by atoms with Gasteiger partial charge in [-0.2, -0.15) is 0 Å². The minimum Gasteiger partial charge on any atom is -0.409 e. The fourth-order valence-electron chi connectivity index (χ4n) is 2.37. The van der Waals surface area contributed by atoms with Crippen LogP contribution in [0, 0.1) is 0 Å². The Labute approximate surface area is 126 Å². The zero-order valence-electron chi connectivity index (χ0n) is 10.7. The number of halogens is 2. The highest BCUT2D eigenvalue weighted by atomic mass is 35.5. The molecular formula is C13H15Cl2N3O2. The summed E-state index contributed by atoms with van der Waals surface area (Å²) in [6, 6.07) is 4.51. The van der Waals surface area contributed by atoms with Gasteiger partial charge in [0.05, 0.1) is 21.7 Å². The van der Waals surface area contributed by atoms with E-state index in [9.17, 15) is 4.79 Å². The van der Waals surface area contributed by atoms with Crippen LogP contribution in [0.3, 0.4) is 0 Å². The maximum Gasteiger partial charge on any atom is 0.256 e. The van der Waals surface area contributed by atoms with Crippen molar-refractivity contribution in [3.05, 3.63) is 33.8 Å². The van der Waals surface area contributed by atoms with Crippen molar-refractivity contribution in [2.45, 2.75) is 25.3 Å². The SMILES string of the molecule is NC(=NO)C1CCCCN1C(=O)c1cccc(Cl)c1Cl. The van der Waals surface area contributed by atoms with E-state index in [1.807, 2.05) is 0 Å². The van der Waals surface area contributed by atoms with Gasteiger partial charge in [-0.15, -0.1) is 0 Å². The van der Waals surface area contributed by atoms with E-state index in [1.54, 1.807) is 23.1 Å². The number of piperidine rings is 1. The summed E-state index contributed by atoms with van der Waals surface area (Å²) in [6.45, 7) is 0.544. The van der Waals surface area contributed by atoms with E-state index in [-0.39, 0.29) is 16.8 Å². The van der Waals surface area contributed by atoms with Crippen molar-refractivity contribution in [3.63, 3.8) is 0 Å². The summed E-state index contributed by atoms with van der Waals surface area (Å²) in [4.78, 5) is 14.2. The van der Waals surface area contributed by atoms with Gasteiger partial charge < -0.3 is 15.8 Å². The molecule has 0 spiro atoms. The van der Waals surface area contributed by atoms with Crippen LogP contribution in [-0.2, 0) is 0 Å². The lowest BCUT2D eigenvalue weighted by molar-refractivity contribution is 0.0677. The number of rotatable bonds is 2. The van der Waals surface area contributed by atoms with Crippen LogP contribution < -0.4 is 5.73 Å². The van der Waals surface area contributed by atoms with Gasteiger partial charge in [0.1, 0.15) is 0 Å². The second kappa shape index (κ2) is 6.33. The van der Waals surface area contributed by atoms with Gasteiger partial charge in [-0.05, 0) is 31.4 Å². The number of carbonyl (C=O) groups is 1. The first-order valence-electron chi connectivity index (χ1n) is 6.28. The van der Waals surface area contributed by atoms with Crippen LogP contribution in [0.2, 0.25) is 10.0 Å². The van der Waals surface area contributed by atoms with Crippen LogP contribution in [0.4, 0.5) is 0 Å². The number of hydrogen-bond acceptors (Lipinski definition) is 3. The molecule has 0 aromatic heterocycles. The number of benzene rings is 1. The standard InChI is InChI=1S/C13H15Cl2N3O2/c14-9-5-3-4-8(11(9)15)13(19)18-7-2-1-6-10(18)12(16)17-20/h3-5,10,20H,1-2,6-7H2,(H2,16,17). The number of amidine groups is 1. The highest BCUT2D eigenvalue weighted by Gasteiger charge is 2.31. The summed E-state index contributed by atoms with van der Waals surface area (Å²) < 4.78 is 0. The monoisotopic (exact) mass is 315 g/mol. The van der Waals surface area contributed by atoms with Crippen molar-refractivity contribution in [2.75, 3.05) is 6.54 Å². The lowest BCUT2D eigenvalue weighted by Gasteiger charge is -2.35. The first-order valence-corrected chi connectivity index (χ1v) is 7.04. The summed E-state index contributed by atoms with van der Waals surface area (Å²) in [6.07, 6.45) is 2.47. The maximum atomic E-state index is 12.6. The van der Waals surface area contributed by atoms with E-state index >= 15 is 0 Å². The molecule has 0 aliphatic carbocycles. The zero-order chi connectivity index (χ0) is 14.7. The smallest absolute Gasteiger partial charge is 0.256 e. The minimum atomic E-state index is -0.406. The Morgan fingerprint density at radius 3 is 2.85 bits per heavy atom. The third-order valence-corrected chi connectivity index (χ3v) is 4.22. The van der Waals surface area contributed by atoms with E-state index in [1.165, 1.54) is 0 Å². The van der Waals surface area contributed by atoms with Gasteiger partial charge in [-0.25, -0.2) is 0 Å². The number of nitrogens with zero attached hydrogens (tertiary/aromatic N) is 2. The predicted octanol–water partition coefficient (Wildman–Crippen LogP) is 2.73. The number of oxime groups is 1. The zero-order valence-corrected chi connectivity index (χ0v) is 12.2. The molecule has 1 heterocycles. The fourth-order valence-corrected chi connectivity index (χ4v) is 2.75. The van der Waals surface area contributed by atoms with Crippen molar-refractivity contribution >= 4 is 34.9 Å². The third kappa shape index (κ3) is 2.83. The summed E-state index contributed by atoms with van der Waals surface area (Å²) >= 11 is 12.0. The number of amides is 1. The Morgan fingerprint density at radius 2 is 2.15 bits per heavy atom. The van der Waals surface area contributed by atoms with Crippen molar-refractivity contribution in [1.29, 1.82) is 0 Å². The van der Waals surface area contributed by atoms with Gasteiger partial charge >= 0.3 is 0 Å². The van der Waals surface area contributed by atoms with Gasteiger partial charge in [0.2, 0.25) is 0 Å². The van der Waals surface area contributed by atoms with Gasteiger partial charge in [0.15, 0.2) is 5.84 Å². The number of hydrogen-bond donors (Lipinski definition) is 2. The first kappa shape index (κ1) is 14.9. The molecule has 1 aliphatic rings. The average molecular weight is 316 g/mol. The molecule has 3 N–H and O–H groups in total. The van der Waals surface area contributed by atoms with Crippen LogP contribution in [0.15, 0.2) is 23.4 Å². The Hall–Kier alpha value is -1.46. The second-order valence-electron chi connectivity index (χ2n) is 4.64. The normalized spacial score (nSPS) is 20.0. The molecule has 1 aromatic carbocycles. The lowest BCUT2D eigenvalue weighted by atomic mass is 10.00. The molecule has 1 amide bonds. The van der Waals surface area contributed by atoms with E-state index in [0.717, 1.165) is 12.8 Å². The maximum absolute atomic E-state index is 12.6. The fraction of sp³-hybridized carbons (Fsp3) is 0.385. The number of carbonyl (C=O) groups excluding carboxylic acids is 1. The predicted molar refractivity (Wildman–Crippen MR) is 78.5 cm³/mol. The van der Waals surface area contributed by atoms with E-state index < -0.39 is 6.04 Å². The lowest BCUT2D eigenvalue weighted by Crippen LogP contribution is -2.50. The Kier molecular flexibility index (Phi) is 4.73. The average Bonchev–Trinajstić information content (AvgIpc) is 2.48. The van der Waals surface area contributed by atoms with Gasteiger partial charge in [-0.1, -0.05) is 34.4 Å².